The third-order valence-electron chi connectivity index (χ3n) is 1.58. The number of nitrogens with zero attached hydrogens (tertiary/aromatic N) is 1. The molecule has 0 fully saturated rings. The summed E-state index contributed by atoms with van der Waals surface area (Å²) in [7, 11) is 0. The lowest BCUT2D eigenvalue weighted by atomic mass is 10.0. The molecule has 1 rings (SSSR count). The molecule has 0 saturated heterocycles. The molecular weight excluding hydrogens is 134 g/mol. The van der Waals surface area contributed by atoms with Crippen LogP contribution in [0.2, 0.25) is 0 Å². The Morgan fingerprint density at radius 1 is 1.70 bits per heavy atom. The minimum atomic E-state index is -0.621. The van der Waals surface area contributed by atoms with Crippen molar-refractivity contribution in [3.63, 3.8) is 0 Å². The van der Waals surface area contributed by atoms with E-state index in [4.69, 9.17) is 5.11 Å². The highest BCUT2D eigenvalue weighted by atomic mass is 16.6. The third-order valence-corrected chi connectivity index (χ3v) is 1.58. The van der Waals surface area contributed by atoms with Gasteiger partial charge in [-0.3, -0.25) is 10.1 Å². The van der Waals surface area contributed by atoms with Gasteiger partial charge in [-0.1, -0.05) is 12.2 Å². The van der Waals surface area contributed by atoms with Crippen LogP contribution < -0.4 is 0 Å². The van der Waals surface area contributed by atoms with Crippen molar-refractivity contribution >= 4 is 0 Å². The van der Waals surface area contributed by atoms with E-state index in [1.54, 1.807) is 12.2 Å². The first-order valence-corrected chi connectivity index (χ1v) is 3.18. The van der Waals surface area contributed by atoms with Gasteiger partial charge in [-0.2, -0.15) is 0 Å². The molecule has 10 heavy (non-hydrogen) atoms. The van der Waals surface area contributed by atoms with E-state index in [1.165, 1.54) is 0 Å². The van der Waals surface area contributed by atoms with E-state index in [0.29, 0.717) is 6.42 Å². The van der Waals surface area contributed by atoms with Gasteiger partial charge in [-0.05, 0) is 0 Å². The Kier molecular flexibility index (Phi) is 2.01. The summed E-state index contributed by atoms with van der Waals surface area (Å²) in [6.45, 7) is 0. The van der Waals surface area contributed by atoms with Crippen LogP contribution in [0.3, 0.4) is 0 Å². The summed E-state index contributed by atoms with van der Waals surface area (Å²) in [6.07, 6.45) is 3.33. The van der Waals surface area contributed by atoms with E-state index >= 15 is 0 Å². The lowest BCUT2D eigenvalue weighted by Crippen LogP contribution is -2.26. The van der Waals surface area contributed by atoms with Crippen LogP contribution in [-0.2, 0) is 0 Å². The molecule has 4 heteroatoms. The quantitative estimate of drug-likeness (QED) is 0.327. The van der Waals surface area contributed by atoms with Gasteiger partial charge in [0.25, 0.3) is 0 Å². The van der Waals surface area contributed by atoms with Crippen molar-refractivity contribution in [1.82, 2.24) is 0 Å². The minimum absolute atomic E-state index is 0.253. The van der Waals surface area contributed by atoms with Crippen LogP contribution in [0.5, 0.6) is 0 Å². The van der Waals surface area contributed by atoms with E-state index in [-0.39, 0.29) is 11.3 Å². The molecule has 0 aromatic carbocycles. The predicted octanol–water partition coefficient (Wildman–Crippen LogP) is 0.343. The highest BCUT2D eigenvalue weighted by Gasteiger charge is 2.24. The molecule has 1 aliphatic rings. The maximum absolute atomic E-state index is 10.2. The van der Waals surface area contributed by atoms with Crippen molar-refractivity contribution in [3.8, 4) is 0 Å². The molecule has 1 N–H and O–H groups in total. The number of hydrogen-bond acceptors (Lipinski definition) is 3. The zero-order valence-corrected chi connectivity index (χ0v) is 5.43. The van der Waals surface area contributed by atoms with Crippen molar-refractivity contribution < 1.29 is 10.0 Å². The molecule has 2 atom stereocenters. The first-order chi connectivity index (χ1) is 4.70. The summed E-state index contributed by atoms with van der Waals surface area (Å²) in [5.74, 6) is 0. The van der Waals surface area contributed by atoms with Crippen molar-refractivity contribution in [2.24, 2.45) is 0 Å². The van der Waals surface area contributed by atoms with Crippen molar-refractivity contribution in [2.45, 2.75) is 25.0 Å². The SMILES string of the molecule is O=[N+]([O-])C1CC=CC(O)C1. The number of aliphatic hydroxyl groups excluding tert-OH is 1. The molecule has 0 radical (unpaired) electrons. The first kappa shape index (κ1) is 7.21. The normalized spacial score (nSPS) is 32.1. The Morgan fingerprint density at radius 3 is 2.80 bits per heavy atom. The van der Waals surface area contributed by atoms with Gasteiger partial charge in [0.15, 0.2) is 0 Å². The Labute approximate surface area is 58.3 Å². The van der Waals surface area contributed by atoms with Crippen LogP contribution in [0.25, 0.3) is 0 Å². The zero-order valence-electron chi connectivity index (χ0n) is 5.43. The molecule has 0 heterocycles. The summed E-state index contributed by atoms with van der Waals surface area (Å²) in [5.41, 5.74) is 0. The van der Waals surface area contributed by atoms with Gasteiger partial charge >= 0.3 is 0 Å². The van der Waals surface area contributed by atoms with Gasteiger partial charge in [0.1, 0.15) is 0 Å². The largest absolute Gasteiger partial charge is 0.389 e. The minimum Gasteiger partial charge on any atom is -0.389 e. The maximum atomic E-state index is 10.2. The molecule has 0 saturated carbocycles. The zero-order chi connectivity index (χ0) is 7.56. The first-order valence-electron chi connectivity index (χ1n) is 3.18. The van der Waals surface area contributed by atoms with Crippen molar-refractivity contribution in [2.75, 3.05) is 0 Å². The summed E-state index contributed by atoms with van der Waals surface area (Å²) in [5, 5.41) is 19.1. The molecule has 1 aliphatic carbocycles. The van der Waals surface area contributed by atoms with E-state index in [1.807, 2.05) is 0 Å². The maximum Gasteiger partial charge on any atom is 0.219 e. The molecule has 2 unspecified atom stereocenters. The highest BCUT2D eigenvalue weighted by Crippen LogP contribution is 2.13. The van der Waals surface area contributed by atoms with E-state index in [9.17, 15) is 10.1 Å². The third kappa shape index (κ3) is 1.54. The molecule has 56 valence electrons. The summed E-state index contributed by atoms with van der Waals surface area (Å²) in [6, 6.07) is -0.583. The van der Waals surface area contributed by atoms with Crippen LogP contribution in [0.4, 0.5) is 0 Å². The fourth-order valence-electron chi connectivity index (χ4n) is 1.02. The number of nitro groups is 1. The molecule has 0 aliphatic heterocycles. The standard InChI is InChI=1S/C6H9NO3/c8-6-3-1-2-5(4-6)7(9)10/h1,3,5-6,8H,2,4H2. The number of hydrogen-bond donors (Lipinski definition) is 1. The highest BCUT2D eigenvalue weighted by molar-refractivity contribution is 4.96. The molecule has 4 nitrogen and oxygen atoms in total. The summed E-state index contributed by atoms with van der Waals surface area (Å²) in [4.78, 5) is 9.82. The van der Waals surface area contributed by atoms with E-state index in [0.717, 1.165) is 0 Å². The Hall–Kier alpha value is -0.900. The fraction of sp³-hybridized carbons (Fsp3) is 0.667. The molecule has 0 spiro atoms. The van der Waals surface area contributed by atoms with Gasteiger partial charge in [0.05, 0.1) is 6.10 Å². The second-order valence-electron chi connectivity index (χ2n) is 2.41. The topological polar surface area (TPSA) is 63.4 Å². The van der Waals surface area contributed by atoms with Crippen molar-refractivity contribution in [3.05, 3.63) is 22.3 Å². The van der Waals surface area contributed by atoms with Gasteiger partial charge in [-0.25, -0.2) is 0 Å². The number of rotatable bonds is 1. The van der Waals surface area contributed by atoms with Gasteiger partial charge in [0.2, 0.25) is 6.04 Å². The molecule has 0 aromatic heterocycles. The van der Waals surface area contributed by atoms with Crippen LogP contribution in [0.1, 0.15) is 12.8 Å². The Morgan fingerprint density at radius 2 is 2.40 bits per heavy atom. The van der Waals surface area contributed by atoms with E-state index in [2.05, 4.69) is 0 Å². The smallest absolute Gasteiger partial charge is 0.219 e. The van der Waals surface area contributed by atoms with Gasteiger partial charge in [-0.15, -0.1) is 0 Å². The predicted molar refractivity (Wildman–Crippen MR) is 35.2 cm³/mol. The van der Waals surface area contributed by atoms with Crippen LogP contribution in [-0.4, -0.2) is 22.2 Å². The monoisotopic (exact) mass is 143 g/mol. The van der Waals surface area contributed by atoms with Gasteiger partial charge < -0.3 is 5.11 Å². The summed E-state index contributed by atoms with van der Waals surface area (Å²) >= 11 is 0. The molecule has 0 bridgehead atoms. The van der Waals surface area contributed by atoms with Crippen molar-refractivity contribution in [1.29, 1.82) is 0 Å². The Balaban J connectivity index is 2.52. The second-order valence-corrected chi connectivity index (χ2v) is 2.41. The van der Waals surface area contributed by atoms with Crippen LogP contribution >= 0.6 is 0 Å². The number of aliphatic hydroxyl groups is 1. The average molecular weight is 143 g/mol. The Bertz CT molecular complexity index is 166. The lowest BCUT2D eigenvalue weighted by Gasteiger charge is -2.13. The molecule has 0 aromatic rings. The van der Waals surface area contributed by atoms with Gasteiger partial charge in [0, 0.05) is 17.8 Å². The van der Waals surface area contributed by atoms with Crippen LogP contribution in [0.15, 0.2) is 12.2 Å². The van der Waals surface area contributed by atoms with E-state index < -0.39 is 12.1 Å². The molecule has 0 amide bonds. The average Bonchev–Trinajstić information content (AvgIpc) is 1.88. The molecular formula is C6H9NO3. The fourth-order valence-corrected chi connectivity index (χ4v) is 1.02. The second kappa shape index (κ2) is 2.79. The summed E-state index contributed by atoms with van der Waals surface area (Å²) < 4.78 is 0. The van der Waals surface area contributed by atoms with Crippen LogP contribution in [0, 0.1) is 10.1 Å². The lowest BCUT2D eigenvalue weighted by molar-refractivity contribution is -0.524.